The van der Waals surface area contributed by atoms with Crippen molar-refractivity contribution >= 4 is 28.9 Å². The summed E-state index contributed by atoms with van der Waals surface area (Å²) in [6.07, 6.45) is 0.0446. The molecule has 3 aromatic rings. The lowest BCUT2D eigenvalue weighted by molar-refractivity contribution is -0.120. The number of hydrogen-bond acceptors (Lipinski definition) is 5. The number of carbonyl (C=O) groups is 2. The topological polar surface area (TPSA) is 154 Å². The Labute approximate surface area is 140 Å². The second-order valence-corrected chi connectivity index (χ2v) is 5.46. The largest absolute Gasteiger partial charge is 0.478 e. The van der Waals surface area contributed by atoms with Crippen LogP contribution in [0, 0.1) is 0 Å². The van der Waals surface area contributed by atoms with Gasteiger partial charge in [-0.05, 0) is 23.8 Å². The van der Waals surface area contributed by atoms with E-state index < -0.39 is 5.97 Å². The van der Waals surface area contributed by atoms with Crippen LogP contribution in [0.2, 0.25) is 0 Å². The van der Waals surface area contributed by atoms with Gasteiger partial charge in [0.1, 0.15) is 5.65 Å². The van der Waals surface area contributed by atoms with Crippen LogP contribution in [-0.4, -0.2) is 31.9 Å². The van der Waals surface area contributed by atoms with Crippen molar-refractivity contribution in [2.24, 2.45) is 0 Å². The first-order valence-electron chi connectivity index (χ1n) is 7.38. The zero-order valence-electron chi connectivity index (χ0n) is 13.0. The fraction of sp³-hybridized carbons (Fsp3) is 0.125. The van der Waals surface area contributed by atoms with Gasteiger partial charge in [0.25, 0.3) is 5.56 Å². The number of benzene rings is 1. The molecular weight excluding hydrogens is 326 g/mol. The molecule has 0 radical (unpaired) electrons. The van der Waals surface area contributed by atoms with Crippen molar-refractivity contribution in [2.75, 3.05) is 5.73 Å². The number of nitrogens with zero attached hydrogens (tertiary/aromatic N) is 1. The van der Waals surface area contributed by atoms with Crippen molar-refractivity contribution in [1.82, 2.24) is 20.3 Å². The van der Waals surface area contributed by atoms with E-state index in [1.165, 1.54) is 12.1 Å². The number of carboxylic acid groups (broad SMARTS) is 1. The first kappa shape index (κ1) is 16.2. The molecular formula is C16H15N5O4. The summed E-state index contributed by atoms with van der Waals surface area (Å²) in [5.41, 5.74) is 6.93. The Morgan fingerprint density at radius 3 is 2.60 bits per heavy atom. The Bertz CT molecular complexity index is 1000. The number of H-pyrrole nitrogens is 2. The van der Waals surface area contributed by atoms with E-state index in [9.17, 15) is 14.4 Å². The van der Waals surface area contributed by atoms with Crippen LogP contribution >= 0.6 is 0 Å². The highest BCUT2D eigenvalue weighted by atomic mass is 16.4. The smallest absolute Gasteiger partial charge is 0.335 e. The standard InChI is InChI=1S/C16H15N5O4/c17-16-20-13-11(14(23)21-16)5-10(19-13)6-12(22)18-7-8-1-3-9(4-2-8)15(24)25/h1-5H,6-7H2,(H,18,22)(H,24,25)(H4,17,19,20,21,23). The van der Waals surface area contributed by atoms with Crippen LogP contribution < -0.4 is 16.6 Å². The van der Waals surface area contributed by atoms with Gasteiger partial charge >= 0.3 is 5.97 Å². The molecule has 0 aliphatic carbocycles. The summed E-state index contributed by atoms with van der Waals surface area (Å²) in [6, 6.07) is 7.79. The highest BCUT2D eigenvalue weighted by Gasteiger charge is 2.10. The normalized spacial score (nSPS) is 10.7. The summed E-state index contributed by atoms with van der Waals surface area (Å²) >= 11 is 0. The summed E-state index contributed by atoms with van der Waals surface area (Å²) in [5.74, 6) is -1.25. The Hall–Kier alpha value is -3.62. The number of aromatic carboxylic acids is 1. The fourth-order valence-electron chi connectivity index (χ4n) is 2.39. The van der Waals surface area contributed by atoms with E-state index in [4.69, 9.17) is 10.8 Å². The molecule has 1 aromatic carbocycles. The summed E-state index contributed by atoms with van der Waals surface area (Å²) in [7, 11) is 0. The number of nitrogens with two attached hydrogens (primary N) is 1. The minimum Gasteiger partial charge on any atom is -0.478 e. The molecule has 25 heavy (non-hydrogen) atoms. The maximum Gasteiger partial charge on any atom is 0.335 e. The van der Waals surface area contributed by atoms with E-state index in [2.05, 4.69) is 20.3 Å². The summed E-state index contributed by atoms with van der Waals surface area (Å²) in [4.78, 5) is 43.8. The van der Waals surface area contributed by atoms with Gasteiger partial charge in [0, 0.05) is 12.2 Å². The number of hydrogen-bond donors (Lipinski definition) is 5. The van der Waals surface area contributed by atoms with Gasteiger partial charge in [0.05, 0.1) is 17.4 Å². The molecule has 0 spiro atoms. The predicted octanol–water partition coefficient (Wildman–Crippen LogP) is 0.390. The predicted molar refractivity (Wildman–Crippen MR) is 90.1 cm³/mol. The number of amides is 1. The van der Waals surface area contributed by atoms with Gasteiger partial charge in [-0.15, -0.1) is 0 Å². The van der Waals surface area contributed by atoms with Crippen molar-refractivity contribution in [3.63, 3.8) is 0 Å². The lowest BCUT2D eigenvalue weighted by atomic mass is 10.1. The lowest BCUT2D eigenvalue weighted by Crippen LogP contribution is -2.24. The van der Waals surface area contributed by atoms with E-state index in [1.807, 2.05) is 0 Å². The van der Waals surface area contributed by atoms with Crippen LogP contribution in [0.15, 0.2) is 35.1 Å². The van der Waals surface area contributed by atoms with Crippen molar-refractivity contribution in [1.29, 1.82) is 0 Å². The molecule has 0 bridgehead atoms. The number of rotatable bonds is 5. The number of anilines is 1. The van der Waals surface area contributed by atoms with Crippen molar-refractivity contribution in [2.45, 2.75) is 13.0 Å². The maximum atomic E-state index is 12.0. The Morgan fingerprint density at radius 1 is 1.20 bits per heavy atom. The Morgan fingerprint density at radius 2 is 1.92 bits per heavy atom. The molecule has 0 atom stereocenters. The minimum absolute atomic E-state index is 0.000148. The molecule has 0 aliphatic rings. The van der Waals surface area contributed by atoms with Crippen molar-refractivity contribution in [3.05, 3.63) is 57.5 Å². The zero-order valence-corrected chi connectivity index (χ0v) is 13.0. The average molecular weight is 341 g/mol. The van der Waals surface area contributed by atoms with Crippen LogP contribution in [0.25, 0.3) is 11.0 Å². The molecule has 0 unspecified atom stereocenters. The van der Waals surface area contributed by atoms with E-state index in [1.54, 1.807) is 18.2 Å². The molecule has 9 heteroatoms. The fourth-order valence-corrected chi connectivity index (χ4v) is 2.39. The van der Waals surface area contributed by atoms with Crippen LogP contribution in [0.1, 0.15) is 21.6 Å². The molecule has 0 fully saturated rings. The second-order valence-electron chi connectivity index (χ2n) is 5.46. The molecule has 2 heterocycles. The summed E-state index contributed by atoms with van der Waals surface area (Å²) in [6.45, 7) is 0.269. The Balaban J connectivity index is 1.63. The van der Waals surface area contributed by atoms with E-state index in [0.717, 1.165) is 5.56 Å². The number of aromatic amines is 2. The first-order valence-corrected chi connectivity index (χ1v) is 7.38. The van der Waals surface area contributed by atoms with Gasteiger partial charge in [0.15, 0.2) is 0 Å². The number of nitrogens with one attached hydrogen (secondary N) is 3. The van der Waals surface area contributed by atoms with Gasteiger partial charge in [-0.3, -0.25) is 14.6 Å². The van der Waals surface area contributed by atoms with Crippen LogP contribution in [0.4, 0.5) is 5.95 Å². The third-order valence-corrected chi connectivity index (χ3v) is 3.61. The quantitative estimate of drug-likeness (QED) is 0.452. The highest BCUT2D eigenvalue weighted by molar-refractivity contribution is 5.87. The van der Waals surface area contributed by atoms with E-state index in [-0.39, 0.29) is 35.9 Å². The molecule has 0 saturated carbocycles. The first-order chi connectivity index (χ1) is 11.9. The highest BCUT2D eigenvalue weighted by Crippen LogP contribution is 2.10. The number of carbonyl (C=O) groups excluding carboxylic acids is 1. The lowest BCUT2D eigenvalue weighted by Gasteiger charge is -2.05. The zero-order chi connectivity index (χ0) is 18.0. The van der Waals surface area contributed by atoms with Crippen LogP contribution in [-0.2, 0) is 17.8 Å². The van der Waals surface area contributed by atoms with Crippen molar-refractivity contribution < 1.29 is 14.7 Å². The number of fused-ring (bicyclic) bond motifs is 1. The van der Waals surface area contributed by atoms with Crippen LogP contribution in [0.5, 0.6) is 0 Å². The summed E-state index contributed by atoms with van der Waals surface area (Å²) < 4.78 is 0. The van der Waals surface area contributed by atoms with Gasteiger partial charge < -0.3 is 21.1 Å². The number of nitrogen functional groups attached to an aromatic ring is 1. The van der Waals surface area contributed by atoms with Gasteiger partial charge in [-0.1, -0.05) is 12.1 Å². The number of carboxylic acids is 1. The molecule has 6 N–H and O–H groups in total. The molecule has 0 saturated heterocycles. The third-order valence-electron chi connectivity index (χ3n) is 3.61. The molecule has 9 nitrogen and oxygen atoms in total. The monoisotopic (exact) mass is 341 g/mol. The van der Waals surface area contributed by atoms with Crippen molar-refractivity contribution in [3.8, 4) is 0 Å². The molecule has 2 aromatic heterocycles. The third kappa shape index (κ3) is 3.66. The SMILES string of the molecule is Nc1nc2[nH]c(CC(=O)NCc3ccc(C(=O)O)cc3)cc2c(=O)[nH]1. The second kappa shape index (κ2) is 6.48. The van der Waals surface area contributed by atoms with E-state index in [0.29, 0.717) is 16.7 Å². The van der Waals surface area contributed by atoms with Gasteiger partial charge in [-0.25, -0.2) is 4.79 Å². The molecule has 1 amide bonds. The maximum absolute atomic E-state index is 12.0. The number of aromatic nitrogens is 3. The van der Waals surface area contributed by atoms with Gasteiger partial charge in [0.2, 0.25) is 11.9 Å². The minimum atomic E-state index is -1.00. The van der Waals surface area contributed by atoms with E-state index >= 15 is 0 Å². The molecule has 0 aliphatic heterocycles. The molecule has 128 valence electrons. The van der Waals surface area contributed by atoms with Crippen LogP contribution in [0.3, 0.4) is 0 Å². The Kier molecular flexibility index (Phi) is 4.21. The average Bonchev–Trinajstić information content (AvgIpc) is 2.96. The summed E-state index contributed by atoms with van der Waals surface area (Å²) in [5, 5.41) is 11.9. The van der Waals surface area contributed by atoms with Gasteiger partial charge in [-0.2, -0.15) is 4.98 Å². The molecule has 3 rings (SSSR count).